The van der Waals surface area contributed by atoms with Crippen LogP contribution in [0.15, 0.2) is 29.8 Å². The first-order chi connectivity index (χ1) is 25.8. The van der Waals surface area contributed by atoms with Gasteiger partial charge in [-0.2, -0.15) is 0 Å². The number of aromatic nitrogens is 3. The molecule has 3 saturated carbocycles. The molecule has 11 nitrogen and oxygen atoms in total. The van der Waals surface area contributed by atoms with Gasteiger partial charge in [-0.15, -0.1) is 5.10 Å². The highest BCUT2D eigenvalue weighted by atomic mass is 32.2. The van der Waals surface area contributed by atoms with Crippen molar-refractivity contribution in [1.82, 2.24) is 20.3 Å². The van der Waals surface area contributed by atoms with Gasteiger partial charge in [0.05, 0.1) is 57.6 Å². The molecule has 1 N–H and O–H groups in total. The average molecular weight is 775 g/mol. The number of sulfone groups is 1. The van der Waals surface area contributed by atoms with E-state index >= 15 is 0 Å². The molecule has 0 saturated heterocycles. The van der Waals surface area contributed by atoms with Gasteiger partial charge >= 0.3 is 6.09 Å². The number of nitrogens with zero attached hydrogens (tertiary/aromatic N) is 3. The zero-order valence-electron chi connectivity index (χ0n) is 33.9. The fourth-order valence-electron chi connectivity index (χ4n) is 10.8. The first-order valence-corrected chi connectivity index (χ1v) is 22.7. The lowest BCUT2D eigenvalue weighted by molar-refractivity contribution is -0.0581. The average Bonchev–Trinajstić information content (AvgIpc) is 3.75. The molecule has 12 heteroatoms. The maximum Gasteiger partial charge on any atom is 0.407 e. The Labute approximate surface area is 325 Å². The number of rotatable bonds is 22. The molecule has 54 heavy (non-hydrogen) atoms. The van der Waals surface area contributed by atoms with Crippen LogP contribution in [0.1, 0.15) is 111 Å². The van der Waals surface area contributed by atoms with Crippen molar-refractivity contribution in [3.63, 3.8) is 0 Å². The minimum Gasteiger partial charge on any atom is -0.446 e. The van der Waals surface area contributed by atoms with Gasteiger partial charge in [-0.25, -0.2) is 17.9 Å². The molecule has 5 rings (SSSR count). The Balaban J connectivity index is 0.909. The molecule has 1 amide bonds. The Morgan fingerprint density at radius 3 is 2.48 bits per heavy atom. The minimum atomic E-state index is -3.26. The number of allylic oxidation sites excluding steroid dienone is 1. The van der Waals surface area contributed by atoms with Crippen molar-refractivity contribution in [3.05, 3.63) is 35.5 Å². The van der Waals surface area contributed by atoms with Crippen LogP contribution >= 0.6 is 0 Å². The topological polar surface area (TPSA) is 131 Å². The van der Waals surface area contributed by atoms with Gasteiger partial charge in [-0.1, -0.05) is 77.3 Å². The third kappa shape index (κ3) is 11.2. The van der Waals surface area contributed by atoms with Gasteiger partial charge < -0.3 is 24.3 Å². The third-order valence-corrected chi connectivity index (χ3v) is 15.0. The number of hydrogen-bond donors (Lipinski definition) is 1. The van der Waals surface area contributed by atoms with E-state index < -0.39 is 9.84 Å². The van der Waals surface area contributed by atoms with Gasteiger partial charge in [-0.05, 0) is 91.3 Å². The largest absolute Gasteiger partial charge is 0.446 e. The first-order valence-electron chi connectivity index (χ1n) is 21.0. The van der Waals surface area contributed by atoms with Crippen LogP contribution in [-0.2, 0) is 41.8 Å². The number of amides is 1. The van der Waals surface area contributed by atoms with E-state index in [-0.39, 0.29) is 23.4 Å². The van der Waals surface area contributed by atoms with Crippen molar-refractivity contribution in [2.24, 2.45) is 46.3 Å². The van der Waals surface area contributed by atoms with E-state index in [4.69, 9.17) is 18.9 Å². The smallest absolute Gasteiger partial charge is 0.407 e. The quantitative estimate of drug-likeness (QED) is 0.0937. The number of hydrogen-bond acceptors (Lipinski definition) is 9. The Bertz CT molecular complexity index is 1500. The van der Waals surface area contributed by atoms with Gasteiger partial charge in [0.25, 0.3) is 0 Å². The van der Waals surface area contributed by atoms with Gasteiger partial charge in [0.15, 0.2) is 9.84 Å². The van der Waals surface area contributed by atoms with Crippen LogP contribution in [0.5, 0.6) is 0 Å². The summed E-state index contributed by atoms with van der Waals surface area (Å²) in [5, 5.41) is 11.8. The van der Waals surface area contributed by atoms with Gasteiger partial charge in [0.1, 0.15) is 6.10 Å². The number of carbonyl (C=O) groups is 1. The van der Waals surface area contributed by atoms with Crippen LogP contribution in [0.4, 0.5) is 4.79 Å². The summed E-state index contributed by atoms with van der Waals surface area (Å²) < 4.78 is 47.4. The van der Waals surface area contributed by atoms with Crippen molar-refractivity contribution >= 4 is 15.9 Å². The Morgan fingerprint density at radius 1 is 1.00 bits per heavy atom. The Hall–Kier alpha value is -2.28. The predicted octanol–water partition coefficient (Wildman–Crippen LogP) is 7.56. The second-order valence-corrected chi connectivity index (χ2v) is 19.6. The fraction of sp³-hybridized carbons (Fsp3) is 0.833. The molecule has 0 spiro atoms. The van der Waals surface area contributed by atoms with E-state index in [1.807, 2.05) is 0 Å². The Kier molecular flexibility index (Phi) is 15.7. The van der Waals surface area contributed by atoms with Gasteiger partial charge in [-0.3, -0.25) is 0 Å². The number of carbonyl (C=O) groups excluding carboxylic acids is 1. The van der Waals surface area contributed by atoms with Crippen LogP contribution in [0, 0.1) is 46.3 Å². The lowest BCUT2D eigenvalue weighted by Gasteiger charge is -2.58. The molecule has 306 valence electrons. The molecule has 8 atom stereocenters. The number of fused-ring (bicyclic) bond motifs is 5. The van der Waals surface area contributed by atoms with E-state index in [9.17, 15) is 13.2 Å². The van der Waals surface area contributed by atoms with E-state index in [1.54, 1.807) is 16.5 Å². The summed E-state index contributed by atoms with van der Waals surface area (Å²) in [5.74, 6) is 4.92. The Morgan fingerprint density at radius 2 is 1.74 bits per heavy atom. The molecule has 3 fully saturated rings. The molecule has 0 radical (unpaired) electrons. The van der Waals surface area contributed by atoms with E-state index in [1.165, 1.54) is 51.4 Å². The fourth-order valence-corrected chi connectivity index (χ4v) is 11.4. The summed E-state index contributed by atoms with van der Waals surface area (Å²) in [6.07, 6.45) is 18.0. The lowest BCUT2D eigenvalue weighted by atomic mass is 9.47. The van der Waals surface area contributed by atoms with Gasteiger partial charge in [0, 0.05) is 31.0 Å². The summed E-state index contributed by atoms with van der Waals surface area (Å²) in [6.45, 7) is 19.2. The number of ether oxygens (including phenoxy) is 4. The molecule has 4 aliphatic carbocycles. The van der Waals surface area contributed by atoms with Crippen molar-refractivity contribution in [2.75, 3.05) is 51.9 Å². The second kappa shape index (κ2) is 19.7. The molecule has 0 aromatic carbocycles. The zero-order chi connectivity index (χ0) is 38.8. The normalized spacial score (nSPS) is 29.9. The molecule has 0 unspecified atom stereocenters. The van der Waals surface area contributed by atoms with E-state index in [0.29, 0.717) is 70.3 Å². The van der Waals surface area contributed by atoms with Crippen LogP contribution in [0.25, 0.3) is 0 Å². The van der Waals surface area contributed by atoms with Crippen LogP contribution in [-0.4, -0.2) is 87.5 Å². The second-order valence-electron chi connectivity index (χ2n) is 17.6. The summed E-state index contributed by atoms with van der Waals surface area (Å²) in [7, 11) is -3.26. The molecular formula is C42H70N4O7S. The first kappa shape index (κ1) is 42.9. The summed E-state index contributed by atoms with van der Waals surface area (Å²) >= 11 is 0. The van der Waals surface area contributed by atoms with Crippen LogP contribution < -0.4 is 5.32 Å². The molecule has 4 aliphatic rings. The van der Waals surface area contributed by atoms with Crippen LogP contribution in [0.3, 0.4) is 0 Å². The molecule has 0 aliphatic heterocycles. The molecule has 1 aromatic rings. The highest BCUT2D eigenvalue weighted by Crippen LogP contribution is 2.67. The molecule has 1 heterocycles. The maximum absolute atomic E-state index is 12.7. The van der Waals surface area contributed by atoms with E-state index in [2.05, 4.69) is 62.9 Å². The summed E-state index contributed by atoms with van der Waals surface area (Å²) in [6, 6.07) is 0. The molecule has 0 bridgehead atoms. The number of aryl methyl sites for hydroxylation is 1. The van der Waals surface area contributed by atoms with Gasteiger partial charge in [0.2, 0.25) is 0 Å². The van der Waals surface area contributed by atoms with E-state index in [0.717, 1.165) is 60.2 Å². The standard InChI is InChI=1S/C42H70N4O7S/c1-7-54(48,49)28-17-34-30-46(45-44-34)21-23-51-25-27-52-26-24-50-22-20-43-40(47)53-35-15-18-41(5)33(29-35)11-12-36-38-14-13-37(32(4)10-8-9-31(2)3)42(38,6)19-16-39(36)41/h7,11,30-32,35-39H,1,8-10,12-29H2,2-6H3,(H,43,47)/t32-,35+,36+,37-,38+,39+,41+,42-/m1/s1. The maximum atomic E-state index is 12.7. The van der Waals surface area contributed by atoms with Crippen molar-refractivity contribution in [2.45, 2.75) is 124 Å². The molecule has 1 aromatic heterocycles. The van der Waals surface area contributed by atoms with Crippen molar-refractivity contribution in [3.8, 4) is 0 Å². The highest BCUT2D eigenvalue weighted by molar-refractivity contribution is 7.94. The van der Waals surface area contributed by atoms with Crippen molar-refractivity contribution < 1.29 is 32.2 Å². The predicted molar refractivity (Wildman–Crippen MR) is 211 cm³/mol. The third-order valence-electron chi connectivity index (χ3n) is 13.7. The number of nitrogens with one attached hydrogen (secondary N) is 1. The zero-order valence-corrected chi connectivity index (χ0v) is 34.8. The number of alkyl carbamates (subject to hydrolysis) is 1. The highest BCUT2D eigenvalue weighted by Gasteiger charge is 2.59. The lowest BCUT2D eigenvalue weighted by Crippen LogP contribution is -2.51. The SMILES string of the molecule is C=CS(=O)(=O)CCc1cn(CCOCCOCCOCCNC(=O)O[C@H]2CC[C@@]3(C)C(=CC[C@H]4[C@@H]5CC[C@H]([C@H](C)CCCC(C)C)[C@@]5(C)CC[C@@H]43)C2)nn1. The van der Waals surface area contributed by atoms with Crippen LogP contribution in [0.2, 0.25) is 0 Å². The summed E-state index contributed by atoms with van der Waals surface area (Å²) in [5.41, 5.74) is 2.90. The minimum absolute atomic E-state index is 0.0336. The summed E-state index contributed by atoms with van der Waals surface area (Å²) in [4.78, 5) is 12.7. The van der Waals surface area contributed by atoms with Crippen molar-refractivity contribution in [1.29, 1.82) is 0 Å². The monoisotopic (exact) mass is 774 g/mol. The molecular weight excluding hydrogens is 705 g/mol.